The monoisotopic (exact) mass is 486 g/mol. The van der Waals surface area contributed by atoms with Crippen molar-refractivity contribution in [2.75, 3.05) is 47.0 Å². The van der Waals surface area contributed by atoms with Crippen LogP contribution in [0.5, 0.6) is 5.75 Å². The summed E-state index contributed by atoms with van der Waals surface area (Å²) in [5.74, 6) is -0.927. The van der Waals surface area contributed by atoms with Crippen molar-refractivity contribution in [2.45, 2.75) is 25.8 Å². The van der Waals surface area contributed by atoms with E-state index in [9.17, 15) is 19.2 Å². The van der Waals surface area contributed by atoms with E-state index in [0.29, 0.717) is 24.4 Å². The molecule has 0 aliphatic carbocycles. The molecule has 0 bridgehead atoms. The van der Waals surface area contributed by atoms with Crippen LogP contribution < -0.4 is 10.1 Å². The van der Waals surface area contributed by atoms with Crippen LogP contribution in [-0.2, 0) is 19.1 Å². The van der Waals surface area contributed by atoms with Gasteiger partial charge in [-0.15, -0.1) is 0 Å². The number of hydrogen-bond acceptors (Lipinski definition) is 8. The number of aromatic nitrogens is 1. The van der Waals surface area contributed by atoms with Crippen molar-refractivity contribution < 1.29 is 33.4 Å². The van der Waals surface area contributed by atoms with E-state index < -0.39 is 24.0 Å². The number of esters is 1. The van der Waals surface area contributed by atoms with Crippen LogP contribution in [0, 0.1) is 0 Å². The van der Waals surface area contributed by atoms with E-state index in [1.54, 1.807) is 24.0 Å². The number of piperazine rings is 1. The Bertz CT molecular complexity index is 1080. The van der Waals surface area contributed by atoms with Gasteiger partial charge < -0.3 is 29.3 Å². The Labute approximate surface area is 203 Å². The fourth-order valence-electron chi connectivity index (χ4n) is 3.83. The first-order valence-corrected chi connectivity index (χ1v) is 11.4. The lowest BCUT2D eigenvalue weighted by Gasteiger charge is -2.36. The number of carbonyl (C=O) groups excluding carboxylic acids is 4. The molecule has 11 heteroatoms. The average molecular weight is 487 g/mol. The Kier molecular flexibility index (Phi) is 8.82. The van der Waals surface area contributed by atoms with Gasteiger partial charge in [0.15, 0.2) is 0 Å². The number of methoxy groups -OCH3 is 2. The fraction of sp³-hybridized carbons (Fsp3) is 0.458. The fourth-order valence-corrected chi connectivity index (χ4v) is 3.83. The minimum atomic E-state index is -0.977. The minimum Gasteiger partial charge on any atom is -0.496 e. The summed E-state index contributed by atoms with van der Waals surface area (Å²) in [7, 11) is 2.76. The summed E-state index contributed by atoms with van der Waals surface area (Å²) in [5, 5.41) is 3.47. The van der Waals surface area contributed by atoms with Gasteiger partial charge in [-0.25, -0.2) is 9.78 Å². The van der Waals surface area contributed by atoms with Gasteiger partial charge in [0.05, 0.1) is 26.3 Å². The molecular weight excluding hydrogens is 456 g/mol. The molecule has 1 N–H and O–H groups in total. The van der Waals surface area contributed by atoms with Crippen LogP contribution in [0.2, 0.25) is 0 Å². The average Bonchev–Trinajstić information content (AvgIpc) is 2.89. The molecule has 1 unspecified atom stereocenters. The Morgan fingerprint density at radius 3 is 2.40 bits per heavy atom. The van der Waals surface area contributed by atoms with E-state index in [2.05, 4.69) is 10.3 Å². The Morgan fingerprint density at radius 1 is 1.06 bits per heavy atom. The van der Waals surface area contributed by atoms with Gasteiger partial charge in [-0.2, -0.15) is 0 Å². The second-order valence-corrected chi connectivity index (χ2v) is 7.88. The third-order valence-electron chi connectivity index (χ3n) is 5.72. The van der Waals surface area contributed by atoms with E-state index in [1.165, 1.54) is 25.2 Å². The van der Waals surface area contributed by atoms with Gasteiger partial charge in [-0.1, -0.05) is 12.1 Å². The maximum atomic E-state index is 13.3. The third kappa shape index (κ3) is 6.37. The molecule has 0 saturated carbocycles. The van der Waals surface area contributed by atoms with Gasteiger partial charge in [-0.3, -0.25) is 14.4 Å². The first-order chi connectivity index (χ1) is 16.9. The molecule has 11 nitrogen and oxygen atoms in total. The maximum absolute atomic E-state index is 13.3. The Balaban J connectivity index is 1.75. The molecule has 1 aliphatic heterocycles. The molecule has 0 spiro atoms. The molecule has 35 heavy (non-hydrogen) atoms. The topological polar surface area (TPSA) is 127 Å². The van der Waals surface area contributed by atoms with Crippen molar-refractivity contribution in [3.8, 4) is 5.75 Å². The number of nitrogens with one attached hydrogen (secondary N) is 1. The number of ether oxygens (including phenoxy) is 3. The quantitative estimate of drug-likeness (QED) is 0.558. The summed E-state index contributed by atoms with van der Waals surface area (Å²) in [6.07, 6.45) is -0.420. The standard InChI is InChI=1S/C24H30N4O7/c1-4-35-24(32)28-13-11-27(12-14-28)23(31)18(9-10-21(29)34-3)26-22(30)19-15-20(33-2)16-7-5-6-8-17(16)25-19/h5-8,15,18H,4,9-14H2,1-3H3,(H,26,30). The van der Waals surface area contributed by atoms with Gasteiger partial charge in [0.25, 0.3) is 5.91 Å². The third-order valence-corrected chi connectivity index (χ3v) is 5.72. The lowest BCUT2D eigenvalue weighted by molar-refractivity contribution is -0.141. The molecule has 3 amide bonds. The minimum absolute atomic E-state index is 0.0511. The molecule has 3 rings (SSSR count). The number of nitrogens with zero attached hydrogens (tertiary/aromatic N) is 3. The van der Waals surface area contributed by atoms with E-state index in [1.807, 2.05) is 12.1 Å². The molecule has 0 radical (unpaired) electrons. The van der Waals surface area contributed by atoms with Crippen LogP contribution in [-0.4, -0.2) is 91.7 Å². The van der Waals surface area contributed by atoms with E-state index in [0.717, 1.165) is 5.39 Å². The first-order valence-electron chi connectivity index (χ1n) is 11.4. The molecule has 1 fully saturated rings. The number of fused-ring (bicyclic) bond motifs is 1. The molecule has 188 valence electrons. The number of para-hydroxylation sites is 1. The predicted molar refractivity (Wildman–Crippen MR) is 126 cm³/mol. The maximum Gasteiger partial charge on any atom is 0.409 e. The second-order valence-electron chi connectivity index (χ2n) is 7.88. The van der Waals surface area contributed by atoms with Crippen LogP contribution in [0.1, 0.15) is 30.3 Å². The smallest absolute Gasteiger partial charge is 0.409 e. The van der Waals surface area contributed by atoms with Crippen molar-refractivity contribution in [3.05, 3.63) is 36.0 Å². The van der Waals surface area contributed by atoms with Crippen molar-refractivity contribution in [2.24, 2.45) is 0 Å². The number of pyridine rings is 1. The molecule has 1 saturated heterocycles. The summed E-state index contributed by atoms with van der Waals surface area (Å²) < 4.78 is 15.1. The second kappa shape index (κ2) is 12.0. The highest BCUT2D eigenvalue weighted by Gasteiger charge is 2.31. The summed E-state index contributed by atoms with van der Waals surface area (Å²) in [4.78, 5) is 57.5. The number of rotatable bonds is 8. The van der Waals surface area contributed by atoms with Crippen molar-refractivity contribution in [3.63, 3.8) is 0 Å². The molecule has 2 heterocycles. The molecule has 1 aromatic carbocycles. The summed E-state index contributed by atoms with van der Waals surface area (Å²) in [5.41, 5.74) is 0.660. The number of carbonyl (C=O) groups is 4. The van der Waals surface area contributed by atoms with Crippen molar-refractivity contribution in [1.29, 1.82) is 0 Å². The van der Waals surface area contributed by atoms with E-state index in [4.69, 9.17) is 14.2 Å². The highest BCUT2D eigenvalue weighted by molar-refractivity contribution is 5.99. The number of amides is 3. The molecule has 2 aromatic rings. The van der Waals surface area contributed by atoms with Crippen LogP contribution in [0.3, 0.4) is 0 Å². The molecule has 1 aromatic heterocycles. The lowest BCUT2D eigenvalue weighted by Crippen LogP contribution is -2.56. The van der Waals surface area contributed by atoms with Gasteiger partial charge in [0.1, 0.15) is 17.5 Å². The molecule has 1 aliphatic rings. The predicted octanol–water partition coefficient (Wildman–Crippen LogP) is 1.60. The van der Waals surface area contributed by atoms with Crippen LogP contribution >= 0.6 is 0 Å². The SMILES string of the molecule is CCOC(=O)N1CCN(C(=O)C(CCC(=O)OC)NC(=O)c2cc(OC)c3ccccc3n2)CC1. The Hall–Kier alpha value is -3.89. The van der Waals surface area contributed by atoms with Gasteiger partial charge in [0, 0.05) is 44.1 Å². The zero-order valence-corrected chi connectivity index (χ0v) is 20.1. The highest BCUT2D eigenvalue weighted by Crippen LogP contribution is 2.25. The highest BCUT2D eigenvalue weighted by atomic mass is 16.6. The Morgan fingerprint density at radius 2 is 1.74 bits per heavy atom. The zero-order valence-electron chi connectivity index (χ0n) is 20.1. The normalized spacial score (nSPS) is 14.3. The lowest BCUT2D eigenvalue weighted by atomic mass is 10.1. The number of benzene rings is 1. The van der Waals surface area contributed by atoms with Crippen LogP contribution in [0.15, 0.2) is 30.3 Å². The van der Waals surface area contributed by atoms with E-state index in [-0.39, 0.29) is 44.1 Å². The summed E-state index contributed by atoms with van der Waals surface area (Å²) in [6, 6.07) is 7.77. The molecule has 1 atom stereocenters. The van der Waals surface area contributed by atoms with Crippen LogP contribution in [0.25, 0.3) is 10.9 Å². The summed E-state index contributed by atoms with van der Waals surface area (Å²) in [6.45, 7) is 3.19. The van der Waals surface area contributed by atoms with Crippen molar-refractivity contribution >= 4 is 34.8 Å². The van der Waals surface area contributed by atoms with Crippen molar-refractivity contribution in [1.82, 2.24) is 20.1 Å². The van der Waals surface area contributed by atoms with Gasteiger partial charge >= 0.3 is 12.1 Å². The van der Waals surface area contributed by atoms with Gasteiger partial charge in [-0.05, 0) is 25.5 Å². The summed E-state index contributed by atoms with van der Waals surface area (Å²) >= 11 is 0. The largest absolute Gasteiger partial charge is 0.496 e. The number of hydrogen-bond donors (Lipinski definition) is 1. The van der Waals surface area contributed by atoms with Gasteiger partial charge in [0.2, 0.25) is 5.91 Å². The molecular formula is C24H30N4O7. The zero-order chi connectivity index (χ0) is 25.4. The van der Waals surface area contributed by atoms with Crippen LogP contribution in [0.4, 0.5) is 4.79 Å². The first kappa shape index (κ1) is 25.7. The van der Waals surface area contributed by atoms with E-state index >= 15 is 0 Å².